The van der Waals surface area contributed by atoms with Crippen LogP contribution in [0.5, 0.6) is 0 Å². The number of alkyl halides is 1. The van der Waals surface area contributed by atoms with Gasteiger partial charge in [-0.05, 0) is 12.3 Å². The van der Waals surface area contributed by atoms with Gasteiger partial charge in [0.05, 0.1) is 6.61 Å². The van der Waals surface area contributed by atoms with E-state index in [1.165, 1.54) is 0 Å². The number of hydrogen-bond donors (Lipinski definition) is 0. The Hall–Kier alpha value is -0.110. The summed E-state index contributed by atoms with van der Waals surface area (Å²) in [5.41, 5.74) is 0. The zero-order chi connectivity index (χ0) is 7.98. The van der Waals surface area contributed by atoms with Crippen LogP contribution in [0.15, 0.2) is 0 Å². The van der Waals surface area contributed by atoms with E-state index in [0.29, 0.717) is 6.61 Å². The van der Waals surface area contributed by atoms with E-state index >= 15 is 0 Å². The lowest BCUT2D eigenvalue weighted by atomic mass is 10.0. The van der Waals surface area contributed by atoms with Crippen molar-refractivity contribution in [1.82, 2.24) is 0 Å². The third kappa shape index (κ3) is 3.16. The summed E-state index contributed by atoms with van der Waals surface area (Å²) < 4.78 is 17.3. The zero-order valence-electron chi connectivity index (χ0n) is 7.06. The van der Waals surface area contributed by atoms with Gasteiger partial charge in [-0.25, -0.2) is 4.39 Å². The summed E-state index contributed by atoms with van der Waals surface area (Å²) in [6.45, 7) is 6.97. The van der Waals surface area contributed by atoms with E-state index in [0.717, 1.165) is 13.0 Å². The summed E-state index contributed by atoms with van der Waals surface area (Å²) in [5.74, 6) is 0.212. The van der Waals surface area contributed by atoms with Gasteiger partial charge in [0.15, 0.2) is 0 Å². The molecule has 1 heterocycles. The maximum atomic E-state index is 12.5. The average molecular weight is 148 g/mol. The van der Waals surface area contributed by atoms with Gasteiger partial charge in [0.25, 0.3) is 0 Å². The van der Waals surface area contributed by atoms with Crippen LogP contribution in [0.3, 0.4) is 0 Å². The van der Waals surface area contributed by atoms with Crippen LogP contribution in [0, 0.1) is 5.92 Å². The smallest absolute Gasteiger partial charge is 0.126 e. The Labute approximate surface area is 62.6 Å². The molecule has 1 aliphatic heterocycles. The molecule has 1 fully saturated rings. The van der Waals surface area contributed by atoms with Crippen LogP contribution in [0.4, 0.5) is 4.39 Å². The summed E-state index contributed by atoms with van der Waals surface area (Å²) in [4.78, 5) is 0. The zero-order valence-corrected chi connectivity index (χ0v) is 7.06. The Morgan fingerprint density at radius 1 is 1.40 bits per heavy atom. The van der Waals surface area contributed by atoms with E-state index in [4.69, 9.17) is 4.74 Å². The van der Waals surface area contributed by atoms with E-state index in [1.54, 1.807) is 0 Å². The van der Waals surface area contributed by atoms with Crippen LogP contribution in [0.1, 0.15) is 27.2 Å². The highest BCUT2D eigenvalue weighted by Crippen LogP contribution is 2.16. The Balaban J connectivity index is 0.000000371. The van der Waals surface area contributed by atoms with E-state index in [1.807, 2.05) is 20.8 Å². The average Bonchev–Trinajstić information content (AvgIpc) is 2.00. The van der Waals surface area contributed by atoms with Gasteiger partial charge in [0.2, 0.25) is 0 Å². The van der Waals surface area contributed by atoms with E-state index in [9.17, 15) is 4.39 Å². The lowest BCUT2D eigenvalue weighted by Crippen LogP contribution is -2.26. The maximum absolute atomic E-state index is 12.5. The molecule has 0 saturated carbocycles. The minimum atomic E-state index is -0.719. The first-order valence-electron chi connectivity index (χ1n) is 4.02. The standard InChI is InChI=1S/C6H11FO.C2H6/c1-5-2-3-8-4-6(5)7;1-2/h5-6H,2-4H2,1H3;1-2H3. The van der Waals surface area contributed by atoms with Crippen molar-refractivity contribution in [3.63, 3.8) is 0 Å². The molecular formula is C8H17FO. The molecule has 2 unspecified atom stereocenters. The fraction of sp³-hybridized carbons (Fsp3) is 1.00. The monoisotopic (exact) mass is 148 g/mol. The number of ether oxygens (including phenoxy) is 1. The molecule has 0 aromatic rings. The van der Waals surface area contributed by atoms with Crippen LogP contribution >= 0.6 is 0 Å². The number of hydrogen-bond acceptors (Lipinski definition) is 1. The largest absolute Gasteiger partial charge is 0.378 e. The summed E-state index contributed by atoms with van der Waals surface area (Å²) in [5, 5.41) is 0. The van der Waals surface area contributed by atoms with Gasteiger partial charge in [0, 0.05) is 6.61 Å². The van der Waals surface area contributed by atoms with Crippen LogP contribution in [-0.4, -0.2) is 19.4 Å². The second-order valence-electron chi connectivity index (χ2n) is 2.36. The molecule has 62 valence electrons. The Morgan fingerprint density at radius 3 is 2.30 bits per heavy atom. The second kappa shape index (κ2) is 5.66. The van der Waals surface area contributed by atoms with Crippen molar-refractivity contribution in [1.29, 1.82) is 0 Å². The van der Waals surface area contributed by atoms with Gasteiger partial charge >= 0.3 is 0 Å². The predicted octanol–water partition coefficient (Wildman–Crippen LogP) is 2.41. The fourth-order valence-corrected chi connectivity index (χ4v) is 0.810. The number of rotatable bonds is 0. The lowest BCUT2D eigenvalue weighted by Gasteiger charge is -2.21. The Kier molecular flexibility index (Phi) is 5.60. The second-order valence-corrected chi connectivity index (χ2v) is 2.36. The third-order valence-electron chi connectivity index (χ3n) is 1.61. The van der Waals surface area contributed by atoms with E-state index < -0.39 is 6.17 Å². The van der Waals surface area contributed by atoms with Crippen molar-refractivity contribution in [2.24, 2.45) is 5.92 Å². The molecule has 0 amide bonds. The molecule has 0 spiro atoms. The SMILES string of the molecule is CC.CC1CCOCC1F. The highest BCUT2D eigenvalue weighted by atomic mass is 19.1. The van der Waals surface area contributed by atoms with Gasteiger partial charge < -0.3 is 4.74 Å². The van der Waals surface area contributed by atoms with Crippen molar-refractivity contribution >= 4 is 0 Å². The minimum absolute atomic E-state index is 0.212. The molecule has 10 heavy (non-hydrogen) atoms. The molecule has 1 aliphatic rings. The van der Waals surface area contributed by atoms with Gasteiger partial charge in [-0.2, -0.15) is 0 Å². The molecule has 1 nitrogen and oxygen atoms in total. The van der Waals surface area contributed by atoms with Crippen molar-refractivity contribution < 1.29 is 9.13 Å². The molecule has 1 rings (SSSR count). The highest BCUT2D eigenvalue weighted by molar-refractivity contribution is 4.67. The molecular weight excluding hydrogens is 131 g/mol. The molecule has 1 saturated heterocycles. The molecule has 2 atom stereocenters. The molecule has 0 radical (unpaired) electrons. The van der Waals surface area contributed by atoms with E-state index in [-0.39, 0.29) is 5.92 Å². The van der Waals surface area contributed by atoms with Crippen LogP contribution < -0.4 is 0 Å². The van der Waals surface area contributed by atoms with E-state index in [2.05, 4.69) is 0 Å². The summed E-state index contributed by atoms with van der Waals surface area (Å²) >= 11 is 0. The lowest BCUT2D eigenvalue weighted by molar-refractivity contribution is 0.00451. The number of halogens is 1. The van der Waals surface area contributed by atoms with Crippen LogP contribution in [0.25, 0.3) is 0 Å². The third-order valence-corrected chi connectivity index (χ3v) is 1.61. The molecule has 0 bridgehead atoms. The molecule has 0 aromatic carbocycles. The van der Waals surface area contributed by atoms with Crippen LogP contribution in [-0.2, 0) is 4.74 Å². The van der Waals surface area contributed by atoms with Gasteiger partial charge in [-0.15, -0.1) is 0 Å². The van der Waals surface area contributed by atoms with Gasteiger partial charge in [-0.3, -0.25) is 0 Å². The molecule has 0 N–H and O–H groups in total. The van der Waals surface area contributed by atoms with Crippen molar-refractivity contribution in [3.8, 4) is 0 Å². The van der Waals surface area contributed by atoms with Crippen molar-refractivity contribution in [3.05, 3.63) is 0 Å². The molecule has 0 aromatic heterocycles. The van der Waals surface area contributed by atoms with Gasteiger partial charge in [0.1, 0.15) is 6.17 Å². The summed E-state index contributed by atoms with van der Waals surface area (Å²) in [6, 6.07) is 0. The van der Waals surface area contributed by atoms with Crippen molar-refractivity contribution in [2.45, 2.75) is 33.4 Å². The Bertz CT molecular complexity index is 65.7. The first-order chi connectivity index (χ1) is 4.80. The molecule has 2 heteroatoms. The maximum Gasteiger partial charge on any atom is 0.126 e. The van der Waals surface area contributed by atoms with Crippen molar-refractivity contribution in [2.75, 3.05) is 13.2 Å². The highest BCUT2D eigenvalue weighted by Gasteiger charge is 2.20. The fourth-order valence-electron chi connectivity index (χ4n) is 0.810. The quantitative estimate of drug-likeness (QED) is 0.512. The summed E-state index contributed by atoms with van der Waals surface area (Å²) in [6.07, 6.45) is 0.157. The van der Waals surface area contributed by atoms with Gasteiger partial charge in [-0.1, -0.05) is 20.8 Å². The minimum Gasteiger partial charge on any atom is -0.378 e. The normalized spacial score (nSPS) is 32.4. The molecule has 0 aliphatic carbocycles. The summed E-state index contributed by atoms with van der Waals surface area (Å²) in [7, 11) is 0. The first-order valence-corrected chi connectivity index (χ1v) is 4.02. The topological polar surface area (TPSA) is 9.23 Å². The Morgan fingerprint density at radius 2 is 2.00 bits per heavy atom. The predicted molar refractivity (Wildman–Crippen MR) is 40.8 cm³/mol. The first kappa shape index (κ1) is 9.89. The van der Waals surface area contributed by atoms with Crippen LogP contribution in [0.2, 0.25) is 0 Å².